The highest BCUT2D eigenvalue weighted by Crippen LogP contribution is 2.40. The summed E-state index contributed by atoms with van der Waals surface area (Å²) in [7, 11) is -1.80. The highest BCUT2D eigenvalue weighted by Gasteiger charge is 2.41. The predicted octanol–water partition coefficient (Wildman–Crippen LogP) is 8.40. The van der Waals surface area contributed by atoms with E-state index >= 15 is 0 Å². The van der Waals surface area contributed by atoms with Gasteiger partial charge in [0, 0.05) is 18.8 Å². The van der Waals surface area contributed by atoms with E-state index in [1.165, 1.54) is 28.4 Å². The Morgan fingerprint density at radius 1 is 0.909 bits per heavy atom. The van der Waals surface area contributed by atoms with Gasteiger partial charge in [-0.1, -0.05) is 94.0 Å². The average molecular weight is 462 g/mol. The van der Waals surface area contributed by atoms with E-state index in [1.807, 2.05) is 0 Å². The van der Waals surface area contributed by atoms with Gasteiger partial charge in [-0.3, -0.25) is 0 Å². The van der Waals surface area contributed by atoms with Crippen LogP contribution in [0.25, 0.3) is 11.1 Å². The van der Waals surface area contributed by atoms with Crippen LogP contribution >= 0.6 is 0 Å². The molecule has 33 heavy (non-hydrogen) atoms. The molecule has 0 aliphatic heterocycles. The van der Waals surface area contributed by atoms with Crippen molar-refractivity contribution in [1.82, 2.24) is 0 Å². The van der Waals surface area contributed by atoms with Gasteiger partial charge in [0.25, 0.3) is 0 Å². The lowest BCUT2D eigenvalue weighted by Crippen LogP contribution is -2.45. The van der Waals surface area contributed by atoms with E-state index in [0.29, 0.717) is 12.0 Å². The molecule has 0 amide bonds. The number of anilines is 1. The summed E-state index contributed by atoms with van der Waals surface area (Å²) in [6, 6.07) is 19.5. The summed E-state index contributed by atoms with van der Waals surface area (Å²) in [5.74, 6) is 0.491. The SMILES string of the molecule is CCO[Si](C)(CCCN(c1ccc(-c2ccc(C)cc2)cc1)C1C=CC=CC1C)C(C)(C)C. The van der Waals surface area contributed by atoms with Gasteiger partial charge in [0.2, 0.25) is 0 Å². The smallest absolute Gasteiger partial charge is 0.195 e. The third-order valence-electron chi connectivity index (χ3n) is 7.42. The van der Waals surface area contributed by atoms with E-state index < -0.39 is 8.32 Å². The summed E-state index contributed by atoms with van der Waals surface area (Å²) in [6.07, 6.45) is 10.2. The molecule has 0 heterocycles. The van der Waals surface area contributed by atoms with E-state index in [1.54, 1.807) is 0 Å². The Labute approximate surface area is 203 Å². The Morgan fingerprint density at radius 3 is 2.03 bits per heavy atom. The molecule has 0 aromatic heterocycles. The number of aryl methyl sites for hydroxylation is 1. The second kappa shape index (κ2) is 10.9. The molecule has 3 atom stereocenters. The number of nitrogens with zero attached hydrogens (tertiary/aromatic N) is 1. The molecule has 0 N–H and O–H groups in total. The lowest BCUT2D eigenvalue weighted by atomic mass is 9.94. The molecule has 1 aliphatic carbocycles. The summed E-state index contributed by atoms with van der Waals surface area (Å²) in [6.45, 7) is 17.9. The number of hydrogen-bond acceptors (Lipinski definition) is 2. The molecule has 0 saturated heterocycles. The second-order valence-electron chi connectivity index (χ2n) is 10.7. The normalized spacial score (nSPS) is 20.0. The minimum Gasteiger partial charge on any atom is -0.417 e. The van der Waals surface area contributed by atoms with E-state index in [9.17, 15) is 0 Å². The van der Waals surface area contributed by atoms with Crippen LogP contribution in [0.15, 0.2) is 72.8 Å². The fraction of sp³-hybridized carbons (Fsp3) is 0.467. The fourth-order valence-corrected chi connectivity index (χ4v) is 7.50. The minimum atomic E-state index is -1.80. The maximum absolute atomic E-state index is 6.42. The second-order valence-corrected chi connectivity index (χ2v) is 15.5. The molecule has 3 rings (SSSR count). The van der Waals surface area contributed by atoms with Gasteiger partial charge in [-0.25, -0.2) is 0 Å². The van der Waals surface area contributed by atoms with E-state index in [0.717, 1.165) is 19.6 Å². The molecule has 0 bridgehead atoms. The summed E-state index contributed by atoms with van der Waals surface area (Å²) in [4.78, 5) is 2.60. The zero-order valence-corrected chi connectivity index (χ0v) is 22.8. The quantitative estimate of drug-likeness (QED) is 0.348. The maximum Gasteiger partial charge on any atom is 0.195 e. The van der Waals surface area contributed by atoms with Gasteiger partial charge in [0.15, 0.2) is 8.32 Å². The molecule has 0 radical (unpaired) electrons. The van der Waals surface area contributed by atoms with E-state index in [4.69, 9.17) is 4.43 Å². The van der Waals surface area contributed by atoms with Crippen molar-refractivity contribution in [1.29, 1.82) is 0 Å². The third kappa shape index (κ3) is 6.27. The van der Waals surface area contributed by atoms with Crippen molar-refractivity contribution < 1.29 is 4.43 Å². The van der Waals surface area contributed by atoms with Gasteiger partial charge in [0.1, 0.15) is 0 Å². The number of benzene rings is 2. The van der Waals surface area contributed by atoms with Gasteiger partial charge >= 0.3 is 0 Å². The zero-order valence-electron chi connectivity index (χ0n) is 21.8. The van der Waals surface area contributed by atoms with E-state index in [2.05, 4.69) is 126 Å². The molecular formula is C30H43NOSi. The van der Waals surface area contributed by atoms with Gasteiger partial charge in [0.05, 0.1) is 6.04 Å². The topological polar surface area (TPSA) is 12.5 Å². The summed E-state index contributed by atoms with van der Waals surface area (Å²) in [5.41, 5.74) is 5.15. The monoisotopic (exact) mass is 461 g/mol. The highest BCUT2D eigenvalue weighted by atomic mass is 28.4. The average Bonchev–Trinajstić information content (AvgIpc) is 2.78. The predicted molar refractivity (Wildman–Crippen MR) is 148 cm³/mol. The molecule has 3 unspecified atom stereocenters. The van der Waals surface area contributed by atoms with Crippen LogP contribution in [0.3, 0.4) is 0 Å². The molecule has 1 aliphatic rings. The van der Waals surface area contributed by atoms with Crippen molar-refractivity contribution in [2.24, 2.45) is 5.92 Å². The Bertz CT molecular complexity index is 939. The van der Waals surface area contributed by atoms with Crippen molar-refractivity contribution >= 4 is 14.0 Å². The van der Waals surface area contributed by atoms with Crippen LogP contribution in [0.4, 0.5) is 5.69 Å². The molecule has 2 aromatic carbocycles. The molecule has 2 aromatic rings. The van der Waals surface area contributed by atoms with Crippen molar-refractivity contribution in [3.63, 3.8) is 0 Å². The fourth-order valence-electron chi connectivity index (χ4n) is 4.70. The lowest BCUT2D eigenvalue weighted by molar-refractivity contribution is 0.300. The summed E-state index contributed by atoms with van der Waals surface area (Å²) < 4.78 is 6.42. The lowest BCUT2D eigenvalue weighted by Gasteiger charge is -2.41. The van der Waals surface area contributed by atoms with Crippen molar-refractivity contribution in [3.8, 4) is 11.1 Å². The van der Waals surface area contributed by atoms with Crippen LogP contribution in [0.2, 0.25) is 17.6 Å². The first kappa shape index (κ1) is 25.5. The number of hydrogen-bond donors (Lipinski definition) is 0. The molecule has 3 heteroatoms. The minimum absolute atomic E-state index is 0.240. The Morgan fingerprint density at radius 2 is 1.48 bits per heavy atom. The molecule has 0 spiro atoms. The largest absolute Gasteiger partial charge is 0.417 e. The molecular weight excluding hydrogens is 418 g/mol. The van der Waals surface area contributed by atoms with Crippen LogP contribution in [0.5, 0.6) is 0 Å². The Kier molecular flexibility index (Phi) is 8.42. The van der Waals surface area contributed by atoms with Crippen LogP contribution in [0, 0.1) is 12.8 Å². The first-order valence-corrected chi connectivity index (χ1v) is 15.2. The van der Waals surface area contributed by atoms with Crippen LogP contribution in [0.1, 0.15) is 46.6 Å². The Hall–Kier alpha value is -2.10. The van der Waals surface area contributed by atoms with Gasteiger partial charge in [-0.15, -0.1) is 0 Å². The molecule has 0 saturated carbocycles. The molecule has 2 nitrogen and oxygen atoms in total. The van der Waals surface area contributed by atoms with Crippen LogP contribution in [-0.2, 0) is 4.43 Å². The first-order valence-electron chi connectivity index (χ1n) is 12.6. The van der Waals surface area contributed by atoms with Gasteiger partial charge in [-0.05, 0) is 67.1 Å². The maximum atomic E-state index is 6.42. The zero-order chi connectivity index (χ0) is 24.1. The van der Waals surface area contributed by atoms with E-state index in [-0.39, 0.29) is 5.04 Å². The third-order valence-corrected chi connectivity index (χ3v) is 12.8. The van der Waals surface area contributed by atoms with Gasteiger partial charge < -0.3 is 9.33 Å². The van der Waals surface area contributed by atoms with Crippen molar-refractivity contribution in [2.45, 2.75) is 71.6 Å². The Balaban J connectivity index is 1.81. The highest BCUT2D eigenvalue weighted by molar-refractivity contribution is 6.75. The first-order chi connectivity index (χ1) is 15.6. The van der Waals surface area contributed by atoms with Crippen LogP contribution < -0.4 is 4.90 Å². The molecule has 178 valence electrons. The number of rotatable bonds is 9. The van der Waals surface area contributed by atoms with Crippen molar-refractivity contribution in [2.75, 3.05) is 18.1 Å². The summed E-state index contributed by atoms with van der Waals surface area (Å²) in [5, 5.41) is 0.240. The standard InChI is InChI=1S/C30H43NOSi/c1-8-32-33(7,30(4,5)6)23-11-22-31(29-13-10-9-12-25(29)3)28-20-18-27(19-21-28)26-16-14-24(2)15-17-26/h9-10,12-21,25,29H,8,11,22-23H2,1-7H3. The summed E-state index contributed by atoms with van der Waals surface area (Å²) >= 11 is 0. The van der Waals surface area contributed by atoms with Crippen molar-refractivity contribution in [3.05, 3.63) is 78.4 Å². The number of allylic oxidation sites excluding steroid dienone is 2. The van der Waals surface area contributed by atoms with Crippen LogP contribution in [-0.4, -0.2) is 27.5 Å². The van der Waals surface area contributed by atoms with Gasteiger partial charge in [-0.2, -0.15) is 0 Å². The molecule has 0 fully saturated rings.